The Balaban J connectivity index is 1.72. The number of nitrogens with zero attached hydrogens (tertiary/aromatic N) is 1. The molecule has 1 heterocycles. The molecule has 2 aliphatic rings. The maximum absolute atomic E-state index is 4.88. The van der Waals surface area contributed by atoms with Gasteiger partial charge in [-0.3, -0.25) is 4.90 Å². The number of hydrogen-bond acceptors (Lipinski definition) is 2. The lowest BCUT2D eigenvalue weighted by molar-refractivity contribution is 0.179. The van der Waals surface area contributed by atoms with Crippen LogP contribution in [-0.2, 0) is 0 Å². The van der Waals surface area contributed by atoms with E-state index in [0.29, 0.717) is 11.3 Å². The first-order valence-electron chi connectivity index (χ1n) is 7.26. The fourth-order valence-electron chi connectivity index (χ4n) is 3.89. The highest BCUT2D eigenvalue weighted by atomic mass is 32.1. The summed E-state index contributed by atoms with van der Waals surface area (Å²) in [6.45, 7) is 3.63. The van der Waals surface area contributed by atoms with Gasteiger partial charge in [-0.15, -0.1) is 0 Å². The molecule has 1 aliphatic carbocycles. The van der Waals surface area contributed by atoms with Crippen LogP contribution in [0.4, 0.5) is 0 Å². The number of hydrogen-bond donors (Lipinski definition) is 1. The summed E-state index contributed by atoms with van der Waals surface area (Å²) in [4.78, 5) is 2.72. The smallest absolute Gasteiger partial charge is 0.0420 e. The third kappa shape index (κ3) is 2.21. The van der Waals surface area contributed by atoms with E-state index in [1.165, 1.54) is 37.8 Å². The monoisotopic (exact) mass is 261 g/mol. The van der Waals surface area contributed by atoms with Gasteiger partial charge in [0.2, 0.25) is 0 Å². The van der Waals surface area contributed by atoms with Crippen LogP contribution in [0.3, 0.4) is 0 Å². The van der Waals surface area contributed by atoms with Crippen LogP contribution in [0.2, 0.25) is 0 Å². The Kier molecular flexibility index (Phi) is 3.67. The van der Waals surface area contributed by atoms with E-state index in [9.17, 15) is 0 Å². The molecule has 2 fully saturated rings. The first kappa shape index (κ1) is 12.6. The molecule has 0 radical (unpaired) electrons. The van der Waals surface area contributed by atoms with Crippen molar-refractivity contribution in [3.8, 4) is 0 Å². The van der Waals surface area contributed by atoms with Gasteiger partial charge in [-0.1, -0.05) is 36.8 Å². The van der Waals surface area contributed by atoms with Gasteiger partial charge in [0.15, 0.2) is 0 Å². The van der Waals surface area contributed by atoms with E-state index in [1.807, 2.05) is 0 Å². The Morgan fingerprint density at radius 3 is 2.72 bits per heavy atom. The van der Waals surface area contributed by atoms with Gasteiger partial charge in [-0.25, -0.2) is 0 Å². The molecule has 0 unspecified atom stereocenters. The summed E-state index contributed by atoms with van der Waals surface area (Å²) in [7, 11) is 0. The summed E-state index contributed by atoms with van der Waals surface area (Å²) < 4.78 is 0. The summed E-state index contributed by atoms with van der Waals surface area (Å²) in [5.41, 5.74) is 1.36. The minimum absolute atomic E-state index is 0.338. The summed E-state index contributed by atoms with van der Waals surface area (Å²) in [6, 6.07) is 12.1. The lowest BCUT2D eigenvalue weighted by atomic mass is 10.0. The van der Waals surface area contributed by atoms with Gasteiger partial charge >= 0.3 is 0 Å². The third-order valence-electron chi connectivity index (χ3n) is 4.92. The standard InChI is InChI=1S/C16H23NS/c1-12(16(18)14-6-3-2-4-7-14)17-11-10-13-8-5-9-15(13)17/h2-4,6-7,12-13,15-16,18H,5,8-11H2,1H3/t12-,13-,15-,16-/m0/s1. The minimum Gasteiger partial charge on any atom is -0.296 e. The van der Waals surface area contributed by atoms with Crippen LogP contribution in [0.5, 0.6) is 0 Å². The molecular formula is C16H23NS. The molecule has 2 heteroatoms. The molecule has 0 spiro atoms. The second-order valence-electron chi connectivity index (χ2n) is 5.88. The molecule has 98 valence electrons. The number of benzene rings is 1. The van der Waals surface area contributed by atoms with Crippen LogP contribution in [0.25, 0.3) is 0 Å². The SMILES string of the molecule is C[C@@H]([C@H](S)c1ccccc1)N1CC[C@@H]2CCC[C@@H]21. The molecule has 1 saturated heterocycles. The quantitative estimate of drug-likeness (QED) is 0.807. The van der Waals surface area contributed by atoms with Crippen molar-refractivity contribution in [2.45, 2.75) is 49.9 Å². The normalized spacial score (nSPS) is 31.2. The zero-order valence-corrected chi connectivity index (χ0v) is 12.0. The van der Waals surface area contributed by atoms with Gasteiger partial charge in [0.1, 0.15) is 0 Å². The molecule has 0 bridgehead atoms. The van der Waals surface area contributed by atoms with E-state index in [1.54, 1.807) is 0 Å². The van der Waals surface area contributed by atoms with Crippen molar-refractivity contribution in [2.24, 2.45) is 5.92 Å². The van der Waals surface area contributed by atoms with E-state index in [2.05, 4.69) is 42.2 Å². The van der Waals surface area contributed by atoms with E-state index in [4.69, 9.17) is 12.6 Å². The molecule has 1 aliphatic heterocycles. The van der Waals surface area contributed by atoms with Crippen molar-refractivity contribution in [1.29, 1.82) is 0 Å². The van der Waals surface area contributed by atoms with Crippen molar-refractivity contribution in [3.05, 3.63) is 35.9 Å². The molecule has 4 atom stereocenters. The van der Waals surface area contributed by atoms with E-state index < -0.39 is 0 Å². The van der Waals surface area contributed by atoms with Gasteiger partial charge in [0.25, 0.3) is 0 Å². The largest absolute Gasteiger partial charge is 0.296 e. The summed E-state index contributed by atoms with van der Waals surface area (Å²) in [6.07, 6.45) is 5.70. The Bertz CT molecular complexity index is 391. The van der Waals surface area contributed by atoms with E-state index >= 15 is 0 Å². The predicted molar refractivity (Wildman–Crippen MR) is 80.1 cm³/mol. The zero-order valence-electron chi connectivity index (χ0n) is 11.1. The third-order valence-corrected chi connectivity index (χ3v) is 5.65. The summed E-state index contributed by atoms with van der Waals surface area (Å²) >= 11 is 4.88. The van der Waals surface area contributed by atoms with Crippen LogP contribution in [0.1, 0.15) is 43.4 Å². The first-order chi connectivity index (χ1) is 8.77. The molecule has 1 aromatic rings. The molecule has 0 N–H and O–H groups in total. The van der Waals surface area contributed by atoms with Crippen molar-refractivity contribution >= 4 is 12.6 Å². The lowest BCUT2D eigenvalue weighted by Crippen LogP contribution is -2.40. The van der Waals surface area contributed by atoms with E-state index in [-0.39, 0.29) is 0 Å². The maximum Gasteiger partial charge on any atom is 0.0420 e. The van der Waals surface area contributed by atoms with Crippen LogP contribution in [0.15, 0.2) is 30.3 Å². The predicted octanol–water partition coefficient (Wildman–Crippen LogP) is 3.92. The van der Waals surface area contributed by atoms with Crippen molar-refractivity contribution < 1.29 is 0 Å². The average Bonchev–Trinajstić information content (AvgIpc) is 3.00. The van der Waals surface area contributed by atoms with Gasteiger partial charge in [0.05, 0.1) is 0 Å². The Morgan fingerprint density at radius 1 is 1.17 bits per heavy atom. The second-order valence-corrected chi connectivity index (χ2v) is 6.44. The number of thiol groups is 1. The Morgan fingerprint density at radius 2 is 1.94 bits per heavy atom. The molecule has 0 aromatic heterocycles. The highest BCUT2D eigenvalue weighted by molar-refractivity contribution is 7.80. The van der Waals surface area contributed by atoms with E-state index in [0.717, 1.165) is 12.0 Å². The summed E-state index contributed by atoms with van der Waals surface area (Å²) in [5, 5.41) is 0.338. The summed E-state index contributed by atoms with van der Waals surface area (Å²) in [5.74, 6) is 0.976. The highest BCUT2D eigenvalue weighted by Gasteiger charge is 2.40. The number of rotatable bonds is 3. The van der Waals surface area contributed by atoms with Gasteiger partial charge in [-0.05, 0) is 44.2 Å². The zero-order chi connectivity index (χ0) is 12.5. The van der Waals surface area contributed by atoms with Crippen molar-refractivity contribution in [2.75, 3.05) is 6.54 Å². The first-order valence-corrected chi connectivity index (χ1v) is 7.78. The van der Waals surface area contributed by atoms with Gasteiger partial charge < -0.3 is 0 Å². The highest BCUT2D eigenvalue weighted by Crippen LogP contribution is 2.41. The second kappa shape index (κ2) is 5.26. The van der Waals surface area contributed by atoms with Crippen LogP contribution < -0.4 is 0 Å². The van der Waals surface area contributed by atoms with Crippen LogP contribution in [-0.4, -0.2) is 23.5 Å². The Hall–Kier alpha value is -0.470. The fraction of sp³-hybridized carbons (Fsp3) is 0.625. The van der Waals surface area contributed by atoms with Gasteiger partial charge in [0, 0.05) is 17.3 Å². The topological polar surface area (TPSA) is 3.24 Å². The average molecular weight is 261 g/mol. The maximum atomic E-state index is 4.88. The fourth-order valence-corrected chi connectivity index (χ4v) is 4.23. The van der Waals surface area contributed by atoms with Crippen LogP contribution >= 0.6 is 12.6 Å². The lowest BCUT2D eigenvalue weighted by Gasteiger charge is -2.34. The number of likely N-dealkylation sites (tertiary alicyclic amines) is 1. The minimum atomic E-state index is 0.338. The molecular weight excluding hydrogens is 238 g/mol. The molecule has 18 heavy (non-hydrogen) atoms. The van der Waals surface area contributed by atoms with Crippen molar-refractivity contribution in [1.82, 2.24) is 4.90 Å². The van der Waals surface area contributed by atoms with Crippen LogP contribution in [0, 0.1) is 5.92 Å². The molecule has 1 aromatic carbocycles. The molecule has 3 rings (SSSR count). The van der Waals surface area contributed by atoms with Gasteiger partial charge in [-0.2, -0.15) is 12.6 Å². The van der Waals surface area contributed by atoms with Crippen molar-refractivity contribution in [3.63, 3.8) is 0 Å². The number of fused-ring (bicyclic) bond motifs is 1. The molecule has 1 nitrogen and oxygen atoms in total. The Labute approximate surface area is 116 Å². The molecule has 1 saturated carbocycles. The molecule has 0 amide bonds.